The standard InChI is InChI=1S/C29H32N4O4/c1-20-6-4-5-7-24(20)30-22-9-10-25-23(19-22)28(33-13-16-36-17-14-33)32-29(31-25)37-15-12-21-8-11-26(34-2)27(18-21)35-3/h4-11,18-19,30H,12-17H2,1-3H3. The number of hydrogen-bond acceptors (Lipinski definition) is 8. The first kappa shape index (κ1) is 24.6. The maximum atomic E-state index is 6.05. The molecule has 2 heterocycles. The van der Waals surface area contributed by atoms with Gasteiger partial charge < -0.3 is 29.2 Å². The minimum Gasteiger partial charge on any atom is -0.493 e. The number of anilines is 3. The average Bonchev–Trinajstić information content (AvgIpc) is 2.94. The highest BCUT2D eigenvalue weighted by Gasteiger charge is 2.19. The molecular weight excluding hydrogens is 468 g/mol. The minimum atomic E-state index is 0.370. The highest BCUT2D eigenvalue weighted by Crippen LogP contribution is 2.31. The fraction of sp³-hybridized carbons (Fsp3) is 0.310. The predicted octanol–water partition coefficient (Wildman–Crippen LogP) is 5.16. The molecule has 1 fully saturated rings. The number of aromatic nitrogens is 2. The van der Waals surface area contributed by atoms with E-state index in [1.165, 1.54) is 5.56 Å². The molecule has 0 radical (unpaired) electrons. The van der Waals surface area contributed by atoms with Gasteiger partial charge in [-0.25, -0.2) is 0 Å². The summed E-state index contributed by atoms with van der Waals surface area (Å²) in [6.07, 6.45) is 0.688. The molecule has 3 aromatic carbocycles. The molecule has 0 atom stereocenters. The first-order valence-corrected chi connectivity index (χ1v) is 12.5. The van der Waals surface area contributed by atoms with Gasteiger partial charge in [0.05, 0.1) is 39.6 Å². The van der Waals surface area contributed by atoms with E-state index in [1.807, 2.05) is 42.5 Å². The molecule has 0 amide bonds. The van der Waals surface area contributed by atoms with Gasteiger partial charge >= 0.3 is 6.01 Å². The zero-order valence-corrected chi connectivity index (χ0v) is 21.5. The molecule has 4 aromatic rings. The van der Waals surface area contributed by atoms with Gasteiger partial charge in [-0.15, -0.1) is 0 Å². The van der Waals surface area contributed by atoms with Crippen LogP contribution in [0, 0.1) is 6.92 Å². The molecule has 0 aliphatic carbocycles. The van der Waals surface area contributed by atoms with E-state index in [4.69, 9.17) is 28.9 Å². The van der Waals surface area contributed by atoms with Crippen molar-refractivity contribution in [3.63, 3.8) is 0 Å². The van der Waals surface area contributed by atoms with E-state index in [2.05, 4.69) is 35.3 Å². The Bertz CT molecular complexity index is 1370. The van der Waals surface area contributed by atoms with Crippen LogP contribution in [-0.4, -0.2) is 57.1 Å². The van der Waals surface area contributed by atoms with Crippen LogP contribution in [-0.2, 0) is 11.2 Å². The number of ether oxygens (including phenoxy) is 4. The van der Waals surface area contributed by atoms with Crippen LogP contribution < -0.4 is 24.4 Å². The topological polar surface area (TPSA) is 78.0 Å². The zero-order chi connectivity index (χ0) is 25.6. The Balaban J connectivity index is 1.39. The number of para-hydroxylation sites is 1. The summed E-state index contributed by atoms with van der Waals surface area (Å²) in [5.41, 5.74) is 5.17. The number of aryl methyl sites for hydroxylation is 1. The normalized spacial score (nSPS) is 13.4. The second kappa shape index (κ2) is 11.3. The van der Waals surface area contributed by atoms with Crippen LogP contribution in [0.2, 0.25) is 0 Å². The molecule has 0 bridgehead atoms. The lowest BCUT2D eigenvalue weighted by molar-refractivity contribution is 0.122. The maximum Gasteiger partial charge on any atom is 0.318 e. The van der Waals surface area contributed by atoms with Crippen molar-refractivity contribution in [2.75, 3.05) is 57.3 Å². The second-order valence-corrected chi connectivity index (χ2v) is 8.89. The molecule has 1 aromatic heterocycles. The summed E-state index contributed by atoms with van der Waals surface area (Å²) in [6, 6.07) is 20.7. The summed E-state index contributed by atoms with van der Waals surface area (Å²) in [5, 5.41) is 4.51. The fourth-order valence-electron chi connectivity index (χ4n) is 4.41. The van der Waals surface area contributed by atoms with Gasteiger partial charge in [0.2, 0.25) is 0 Å². The lowest BCUT2D eigenvalue weighted by Gasteiger charge is -2.29. The summed E-state index contributed by atoms with van der Waals surface area (Å²) >= 11 is 0. The SMILES string of the molecule is COc1ccc(CCOc2nc(N3CCOCC3)c3cc(Nc4ccccc4C)ccc3n2)cc1OC. The zero-order valence-electron chi connectivity index (χ0n) is 21.5. The van der Waals surface area contributed by atoms with Crippen LogP contribution in [0.25, 0.3) is 10.9 Å². The lowest BCUT2D eigenvalue weighted by Crippen LogP contribution is -2.37. The van der Waals surface area contributed by atoms with Crippen molar-refractivity contribution in [2.45, 2.75) is 13.3 Å². The lowest BCUT2D eigenvalue weighted by atomic mass is 10.1. The van der Waals surface area contributed by atoms with Gasteiger partial charge in [0.1, 0.15) is 5.82 Å². The third-order valence-corrected chi connectivity index (χ3v) is 6.46. The van der Waals surface area contributed by atoms with E-state index in [0.717, 1.165) is 46.7 Å². The maximum absolute atomic E-state index is 6.05. The van der Waals surface area contributed by atoms with E-state index in [1.54, 1.807) is 14.2 Å². The van der Waals surface area contributed by atoms with Crippen LogP contribution in [0.4, 0.5) is 17.2 Å². The van der Waals surface area contributed by atoms with Crippen LogP contribution in [0.15, 0.2) is 60.7 Å². The van der Waals surface area contributed by atoms with Crippen LogP contribution in [0.1, 0.15) is 11.1 Å². The summed E-state index contributed by atoms with van der Waals surface area (Å²) in [7, 11) is 3.27. The number of nitrogens with zero attached hydrogens (tertiary/aromatic N) is 3. The Hall–Kier alpha value is -4.04. The van der Waals surface area contributed by atoms with E-state index >= 15 is 0 Å². The number of morpholine rings is 1. The Kier molecular flexibility index (Phi) is 7.56. The van der Waals surface area contributed by atoms with E-state index < -0.39 is 0 Å². The molecule has 0 spiro atoms. The fourth-order valence-corrected chi connectivity index (χ4v) is 4.41. The van der Waals surface area contributed by atoms with Gasteiger partial charge in [-0.3, -0.25) is 0 Å². The molecule has 1 aliphatic rings. The van der Waals surface area contributed by atoms with E-state index in [9.17, 15) is 0 Å². The molecule has 1 saturated heterocycles. The summed E-state index contributed by atoms with van der Waals surface area (Å²) in [4.78, 5) is 11.8. The van der Waals surface area contributed by atoms with Crippen molar-refractivity contribution in [1.29, 1.82) is 0 Å². The van der Waals surface area contributed by atoms with Crippen LogP contribution >= 0.6 is 0 Å². The Labute approximate surface area is 217 Å². The molecule has 8 heteroatoms. The molecule has 5 rings (SSSR count). The van der Waals surface area contributed by atoms with Crippen molar-refractivity contribution < 1.29 is 18.9 Å². The third kappa shape index (κ3) is 5.70. The Morgan fingerprint density at radius 1 is 0.919 bits per heavy atom. The monoisotopic (exact) mass is 500 g/mol. The molecule has 37 heavy (non-hydrogen) atoms. The number of nitrogens with one attached hydrogen (secondary N) is 1. The number of methoxy groups -OCH3 is 2. The number of fused-ring (bicyclic) bond motifs is 1. The first-order chi connectivity index (χ1) is 18.1. The molecule has 8 nitrogen and oxygen atoms in total. The second-order valence-electron chi connectivity index (χ2n) is 8.89. The average molecular weight is 501 g/mol. The van der Waals surface area contributed by atoms with Crippen molar-refractivity contribution >= 4 is 28.1 Å². The Morgan fingerprint density at radius 3 is 2.51 bits per heavy atom. The Morgan fingerprint density at radius 2 is 1.73 bits per heavy atom. The molecular formula is C29H32N4O4. The smallest absolute Gasteiger partial charge is 0.318 e. The highest BCUT2D eigenvalue weighted by atomic mass is 16.5. The van der Waals surface area contributed by atoms with Crippen LogP contribution in [0.5, 0.6) is 17.5 Å². The molecule has 1 aliphatic heterocycles. The van der Waals surface area contributed by atoms with E-state index in [-0.39, 0.29) is 0 Å². The number of rotatable bonds is 9. The van der Waals surface area contributed by atoms with E-state index in [0.29, 0.717) is 43.8 Å². The van der Waals surface area contributed by atoms with Gasteiger partial charge in [-0.2, -0.15) is 9.97 Å². The molecule has 1 N–H and O–H groups in total. The highest BCUT2D eigenvalue weighted by molar-refractivity contribution is 5.93. The first-order valence-electron chi connectivity index (χ1n) is 12.5. The third-order valence-electron chi connectivity index (χ3n) is 6.46. The number of benzene rings is 3. The summed E-state index contributed by atoms with van der Waals surface area (Å²) in [6.45, 7) is 5.41. The van der Waals surface area contributed by atoms with Gasteiger partial charge in [0.15, 0.2) is 11.5 Å². The summed E-state index contributed by atoms with van der Waals surface area (Å²) in [5.74, 6) is 2.27. The predicted molar refractivity (Wildman–Crippen MR) is 146 cm³/mol. The van der Waals surface area contributed by atoms with Crippen molar-refractivity contribution in [3.05, 3.63) is 71.8 Å². The van der Waals surface area contributed by atoms with Gasteiger partial charge in [-0.05, 0) is 54.4 Å². The van der Waals surface area contributed by atoms with Gasteiger partial charge in [0, 0.05) is 36.3 Å². The van der Waals surface area contributed by atoms with Crippen molar-refractivity contribution in [1.82, 2.24) is 9.97 Å². The minimum absolute atomic E-state index is 0.370. The van der Waals surface area contributed by atoms with Crippen molar-refractivity contribution in [2.24, 2.45) is 0 Å². The van der Waals surface area contributed by atoms with Crippen LogP contribution in [0.3, 0.4) is 0 Å². The molecule has 0 saturated carbocycles. The van der Waals surface area contributed by atoms with Crippen molar-refractivity contribution in [3.8, 4) is 17.5 Å². The number of hydrogen-bond donors (Lipinski definition) is 1. The molecule has 0 unspecified atom stereocenters. The molecule has 192 valence electrons. The summed E-state index contributed by atoms with van der Waals surface area (Å²) < 4.78 is 22.4. The van der Waals surface area contributed by atoms with Gasteiger partial charge in [-0.1, -0.05) is 24.3 Å². The van der Waals surface area contributed by atoms with Gasteiger partial charge in [0.25, 0.3) is 0 Å². The quantitative estimate of drug-likeness (QED) is 0.338. The largest absolute Gasteiger partial charge is 0.493 e.